The lowest BCUT2D eigenvalue weighted by Crippen LogP contribution is -2.28. The van der Waals surface area contributed by atoms with Gasteiger partial charge in [-0.25, -0.2) is 0 Å². The van der Waals surface area contributed by atoms with Gasteiger partial charge in [-0.05, 0) is 6.08 Å². The highest BCUT2D eigenvalue weighted by atomic mass is 32.2. The lowest BCUT2D eigenvalue weighted by molar-refractivity contribution is 0.0986. The van der Waals surface area contributed by atoms with E-state index in [0.717, 1.165) is 6.26 Å². The smallest absolute Gasteiger partial charge is 0.128 e. The molecule has 4 nitrogen and oxygen atoms in total. The number of ether oxygens (including phenoxy) is 1. The van der Waals surface area contributed by atoms with Gasteiger partial charge >= 0.3 is 0 Å². The molecule has 1 aliphatic heterocycles. The first-order valence-corrected chi connectivity index (χ1v) is 4.66. The lowest BCUT2D eigenvalue weighted by atomic mass is 10.1. The molecule has 1 N–H and O–H groups in total. The molecule has 68 valence electrons. The molecule has 0 saturated carbocycles. The number of hydrogen-bond acceptors (Lipinski definition) is 5. The summed E-state index contributed by atoms with van der Waals surface area (Å²) in [5.74, 6) is 0.664. The van der Waals surface area contributed by atoms with Crippen LogP contribution in [0.2, 0.25) is 0 Å². The Morgan fingerprint density at radius 3 is 3.00 bits per heavy atom. The van der Waals surface area contributed by atoms with Crippen LogP contribution in [0.1, 0.15) is 0 Å². The Labute approximate surface area is 75.0 Å². The van der Waals surface area contributed by atoms with Crippen molar-refractivity contribution in [2.45, 2.75) is 17.4 Å². The summed E-state index contributed by atoms with van der Waals surface area (Å²) in [5, 5.41) is 11.5. The number of methoxy groups -OCH3 is 1. The van der Waals surface area contributed by atoms with E-state index >= 15 is 0 Å². The van der Waals surface area contributed by atoms with Crippen LogP contribution in [-0.2, 0) is 4.74 Å². The second-order valence-electron chi connectivity index (χ2n) is 2.51. The summed E-state index contributed by atoms with van der Waals surface area (Å²) in [6.45, 7) is 0. The zero-order chi connectivity index (χ0) is 8.97. The highest BCUT2D eigenvalue weighted by Gasteiger charge is 2.36. The molecule has 0 aromatic carbocycles. The molecule has 0 aromatic heterocycles. The average Bonchev–Trinajstić information content (AvgIpc) is 2.47. The molecule has 12 heavy (non-hydrogen) atoms. The van der Waals surface area contributed by atoms with Crippen molar-refractivity contribution >= 4 is 11.8 Å². The van der Waals surface area contributed by atoms with Crippen molar-refractivity contribution < 1.29 is 9.84 Å². The molecular formula is C7H11NO3S. The van der Waals surface area contributed by atoms with Crippen molar-refractivity contribution in [2.24, 2.45) is 5.18 Å². The van der Waals surface area contributed by atoms with Crippen LogP contribution in [0.4, 0.5) is 0 Å². The maximum Gasteiger partial charge on any atom is 0.128 e. The average molecular weight is 189 g/mol. The summed E-state index contributed by atoms with van der Waals surface area (Å²) in [6, 6.07) is -0.291. The van der Waals surface area contributed by atoms with Crippen LogP contribution in [0.3, 0.4) is 0 Å². The van der Waals surface area contributed by atoms with Gasteiger partial charge in [-0.3, -0.25) is 0 Å². The van der Waals surface area contributed by atoms with E-state index < -0.39 is 0 Å². The minimum Gasteiger partial charge on any atom is -0.516 e. The fourth-order valence-electron chi connectivity index (χ4n) is 1.25. The van der Waals surface area contributed by atoms with Crippen LogP contribution in [-0.4, -0.2) is 35.4 Å². The third-order valence-corrected chi connectivity index (χ3v) is 3.19. The minimum atomic E-state index is -0.291. The van der Waals surface area contributed by atoms with Crippen molar-refractivity contribution in [3.63, 3.8) is 0 Å². The van der Waals surface area contributed by atoms with E-state index in [2.05, 4.69) is 5.18 Å². The Bertz CT molecular complexity index is 185. The minimum absolute atomic E-state index is 0.0442. The van der Waals surface area contributed by atoms with Crippen LogP contribution in [0.15, 0.2) is 17.5 Å². The van der Waals surface area contributed by atoms with E-state index in [4.69, 9.17) is 9.84 Å². The quantitative estimate of drug-likeness (QED) is 0.537. The molecule has 0 spiro atoms. The van der Waals surface area contributed by atoms with Gasteiger partial charge in [-0.15, -0.1) is 11.8 Å². The second-order valence-corrected chi connectivity index (χ2v) is 3.72. The largest absolute Gasteiger partial charge is 0.516 e. The Morgan fingerprint density at radius 2 is 2.50 bits per heavy atom. The van der Waals surface area contributed by atoms with Gasteiger partial charge in [0.2, 0.25) is 0 Å². The predicted molar refractivity (Wildman–Crippen MR) is 48.4 cm³/mol. The van der Waals surface area contributed by atoms with E-state index in [9.17, 15) is 4.91 Å². The molecule has 5 heteroatoms. The van der Waals surface area contributed by atoms with Gasteiger partial charge in [0.15, 0.2) is 0 Å². The van der Waals surface area contributed by atoms with E-state index in [-0.39, 0.29) is 17.4 Å². The summed E-state index contributed by atoms with van der Waals surface area (Å²) in [7, 11) is 1.55. The van der Waals surface area contributed by atoms with Crippen LogP contribution in [0, 0.1) is 4.91 Å². The van der Waals surface area contributed by atoms with Gasteiger partial charge in [-0.2, -0.15) is 4.91 Å². The first-order valence-electron chi connectivity index (χ1n) is 3.61. The predicted octanol–water partition coefficient (Wildman–Crippen LogP) is 1.32. The fraction of sp³-hybridized carbons (Fsp3) is 0.714. The lowest BCUT2D eigenvalue weighted by Gasteiger charge is -2.14. The third-order valence-electron chi connectivity index (χ3n) is 1.85. The molecule has 0 aromatic rings. The number of nitrogens with zero attached hydrogens (tertiary/aromatic N) is 1. The highest BCUT2D eigenvalue weighted by molar-refractivity contribution is 8.00. The Kier molecular flexibility index (Phi) is 3.55. The molecule has 3 unspecified atom stereocenters. The van der Waals surface area contributed by atoms with Gasteiger partial charge in [0.1, 0.15) is 6.04 Å². The summed E-state index contributed by atoms with van der Waals surface area (Å²) < 4.78 is 5.10. The normalized spacial score (nSPS) is 35.9. The molecule has 1 fully saturated rings. The molecule has 0 bridgehead atoms. The third kappa shape index (κ3) is 1.78. The number of aliphatic hydroxyl groups excluding tert-OH is 1. The van der Waals surface area contributed by atoms with E-state index in [0.29, 0.717) is 5.75 Å². The Hall–Kier alpha value is -0.550. The van der Waals surface area contributed by atoms with Crippen molar-refractivity contribution in [3.8, 4) is 0 Å². The van der Waals surface area contributed by atoms with Crippen LogP contribution in [0.25, 0.3) is 0 Å². The van der Waals surface area contributed by atoms with Gasteiger partial charge in [0.25, 0.3) is 0 Å². The maximum absolute atomic E-state index is 10.3. The van der Waals surface area contributed by atoms with Crippen LogP contribution >= 0.6 is 11.8 Å². The summed E-state index contributed by atoms with van der Waals surface area (Å²) in [4.78, 5) is 10.3. The molecule has 0 radical (unpaired) electrons. The fourth-order valence-corrected chi connectivity index (χ4v) is 2.58. The number of nitroso groups, excluding NO2 is 1. The topological polar surface area (TPSA) is 58.9 Å². The van der Waals surface area contributed by atoms with Crippen molar-refractivity contribution in [2.75, 3.05) is 12.9 Å². The molecule has 3 atom stereocenters. The molecule has 0 amide bonds. The molecule has 1 rings (SSSR count). The molecule has 1 heterocycles. The molecule has 1 saturated heterocycles. The first-order chi connectivity index (χ1) is 5.83. The second kappa shape index (κ2) is 4.47. The van der Waals surface area contributed by atoms with Crippen LogP contribution < -0.4 is 0 Å². The monoisotopic (exact) mass is 189 g/mol. The van der Waals surface area contributed by atoms with Gasteiger partial charge < -0.3 is 9.84 Å². The zero-order valence-corrected chi connectivity index (χ0v) is 7.53. The van der Waals surface area contributed by atoms with E-state index in [1.807, 2.05) is 0 Å². The van der Waals surface area contributed by atoms with Gasteiger partial charge in [0, 0.05) is 12.9 Å². The number of rotatable bonds is 3. The van der Waals surface area contributed by atoms with Crippen molar-refractivity contribution in [1.82, 2.24) is 0 Å². The SMILES string of the molecule is COC1C(N=O)CSC1C=CO. The molecular weight excluding hydrogens is 178 g/mol. The number of aliphatic hydroxyl groups is 1. The summed E-state index contributed by atoms with van der Waals surface area (Å²) in [6.07, 6.45) is 2.40. The van der Waals surface area contributed by atoms with Gasteiger partial charge in [-0.1, -0.05) is 5.18 Å². The Balaban J connectivity index is 2.61. The zero-order valence-electron chi connectivity index (χ0n) is 6.71. The highest BCUT2D eigenvalue weighted by Crippen LogP contribution is 2.31. The van der Waals surface area contributed by atoms with Crippen molar-refractivity contribution in [1.29, 1.82) is 0 Å². The first kappa shape index (κ1) is 9.54. The number of hydrogen-bond donors (Lipinski definition) is 1. The number of thioether (sulfide) groups is 1. The summed E-state index contributed by atoms with van der Waals surface area (Å²) in [5.41, 5.74) is 0. The van der Waals surface area contributed by atoms with E-state index in [1.54, 1.807) is 24.9 Å². The molecule has 0 aliphatic carbocycles. The Morgan fingerprint density at radius 1 is 1.75 bits per heavy atom. The van der Waals surface area contributed by atoms with Crippen molar-refractivity contribution in [3.05, 3.63) is 17.2 Å². The summed E-state index contributed by atoms with van der Waals surface area (Å²) >= 11 is 1.57. The standard InChI is InChI=1S/C7H11NO3S/c1-11-7-5(8-10)4-12-6(7)2-3-9/h2-3,5-7,9H,4H2,1H3. The van der Waals surface area contributed by atoms with Gasteiger partial charge in [0.05, 0.1) is 17.6 Å². The van der Waals surface area contributed by atoms with E-state index in [1.165, 1.54) is 0 Å². The maximum atomic E-state index is 10.3. The molecule has 1 aliphatic rings. The van der Waals surface area contributed by atoms with Crippen LogP contribution in [0.5, 0.6) is 0 Å².